The van der Waals surface area contributed by atoms with E-state index in [-0.39, 0.29) is 24.8 Å². The maximum absolute atomic E-state index is 13.1. The molecule has 5 rings (SSSR count). The van der Waals surface area contributed by atoms with Crippen LogP contribution in [0.2, 0.25) is 5.02 Å². The van der Waals surface area contributed by atoms with E-state index in [4.69, 9.17) is 21.1 Å². The number of anilines is 1. The zero-order chi connectivity index (χ0) is 34.8. The third-order valence-electron chi connectivity index (χ3n) is 8.17. The van der Waals surface area contributed by atoms with Crippen LogP contribution >= 0.6 is 11.6 Å². The molecule has 1 saturated carbocycles. The Morgan fingerprint density at radius 3 is 2.24 bits per heavy atom. The first-order valence-electron chi connectivity index (χ1n) is 16.4. The molecule has 1 aliphatic carbocycles. The molecule has 4 aromatic carbocycles. The van der Waals surface area contributed by atoms with Crippen molar-refractivity contribution in [1.82, 2.24) is 4.90 Å². The quantitative estimate of drug-likeness (QED) is 0.108. The number of ether oxygens (including phenoxy) is 2. The van der Waals surface area contributed by atoms with Crippen molar-refractivity contribution < 1.29 is 29.0 Å². The first kappa shape index (κ1) is 37.0. The highest BCUT2D eigenvalue weighted by molar-refractivity contribution is 6.30. The maximum Gasteiger partial charge on any atom is 0.336 e. The number of hydrogen-bond donors (Lipinski definition) is 2. The minimum atomic E-state index is -0.932. The molecule has 4 aromatic rings. The minimum Gasteiger partial charge on any atom is -0.478 e. The molecular weight excluding hydrogens is 642 g/mol. The number of rotatable bonds is 13. The van der Waals surface area contributed by atoms with E-state index in [1.165, 1.54) is 6.08 Å². The topological polar surface area (TPSA) is 118 Å². The number of carboxylic acids is 1. The summed E-state index contributed by atoms with van der Waals surface area (Å²) in [6.45, 7) is 3.48. The lowest BCUT2D eigenvalue weighted by atomic mass is 9.94. The van der Waals surface area contributed by atoms with E-state index in [0.717, 1.165) is 42.5 Å². The Bertz CT molecular complexity index is 1660. The summed E-state index contributed by atoms with van der Waals surface area (Å²) in [5.41, 5.74) is 4.24. The van der Waals surface area contributed by atoms with Gasteiger partial charge in [-0.25, -0.2) is 14.4 Å². The van der Waals surface area contributed by atoms with Crippen LogP contribution in [0.3, 0.4) is 0 Å². The number of aromatic carboxylic acids is 1. The van der Waals surface area contributed by atoms with Crippen molar-refractivity contribution in [2.75, 3.05) is 25.0 Å². The molecule has 49 heavy (non-hydrogen) atoms. The number of aliphatic imine (C=N–C) groups is 1. The van der Waals surface area contributed by atoms with Gasteiger partial charge >= 0.3 is 12.0 Å². The second-order valence-corrected chi connectivity index (χ2v) is 12.1. The Morgan fingerprint density at radius 2 is 1.57 bits per heavy atom. The summed E-state index contributed by atoms with van der Waals surface area (Å²) in [5, 5.41) is 13.3. The molecule has 0 saturated heterocycles. The third kappa shape index (κ3) is 12.6. The first-order valence-corrected chi connectivity index (χ1v) is 16.7. The van der Waals surface area contributed by atoms with Crippen LogP contribution in [-0.2, 0) is 27.3 Å². The molecular formula is C39H42ClN3O6. The fraction of sp³-hybridized carbons (Fsp3) is 0.308. The van der Waals surface area contributed by atoms with Crippen LogP contribution < -0.4 is 5.32 Å². The Labute approximate surface area is 292 Å². The second-order valence-electron chi connectivity index (χ2n) is 11.7. The molecule has 0 heterocycles. The highest BCUT2D eigenvalue weighted by Gasteiger charge is 2.25. The normalized spacial score (nSPS) is 15.2. The summed E-state index contributed by atoms with van der Waals surface area (Å²) in [4.78, 5) is 39.7. The smallest absolute Gasteiger partial charge is 0.336 e. The Kier molecular flexibility index (Phi) is 15.0. The van der Waals surface area contributed by atoms with Crippen LogP contribution in [0.1, 0.15) is 52.7 Å². The Hall–Kier alpha value is -4.79. The van der Waals surface area contributed by atoms with Gasteiger partial charge in [0.15, 0.2) is 0 Å². The standard InChI is InChI=1S/C32H37ClN2O5.C7H5NO/c1-23-7-5-8-25(30(23)31(36)37)22-40-29-12-6-11-28(21-29)39-20-19-35(18-17-24-13-15-26(33)16-14-24)32(38)34-27-9-3-2-4-10-27;9-6-8-7-4-2-1-3-5-7/h2-5,7-10,13-16,28-29H,6,11-12,17-22H2,1H3,(H,34,38)(H,36,37);1-5H/t28-,29+;/m0./s1. The van der Waals surface area contributed by atoms with E-state index in [1.807, 2.05) is 84.9 Å². The van der Waals surface area contributed by atoms with Gasteiger partial charge in [0, 0.05) is 23.8 Å². The van der Waals surface area contributed by atoms with Gasteiger partial charge in [-0.1, -0.05) is 78.3 Å². The average Bonchev–Trinajstić information content (AvgIpc) is 3.11. The fourth-order valence-corrected chi connectivity index (χ4v) is 5.73. The number of amides is 2. The third-order valence-corrected chi connectivity index (χ3v) is 8.42. The average molecular weight is 684 g/mol. The molecule has 0 spiro atoms. The molecule has 1 fully saturated rings. The monoisotopic (exact) mass is 683 g/mol. The number of carbonyl (C=O) groups is 2. The predicted molar refractivity (Wildman–Crippen MR) is 191 cm³/mol. The van der Waals surface area contributed by atoms with E-state index in [2.05, 4.69) is 10.3 Å². The van der Waals surface area contributed by atoms with Gasteiger partial charge in [0.2, 0.25) is 6.08 Å². The lowest BCUT2D eigenvalue weighted by Crippen LogP contribution is -2.39. The van der Waals surface area contributed by atoms with Crippen molar-refractivity contribution >= 4 is 41.1 Å². The highest BCUT2D eigenvalue weighted by Crippen LogP contribution is 2.26. The number of nitrogens with one attached hydrogen (secondary N) is 1. The number of urea groups is 1. The summed E-state index contributed by atoms with van der Waals surface area (Å²) in [6, 6.07) is 31.4. The molecule has 0 bridgehead atoms. The van der Waals surface area contributed by atoms with Crippen LogP contribution in [0.15, 0.2) is 108 Å². The van der Waals surface area contributed by atoms with Crippen molar-refractivity contribution in [1.29, 1.82) is 0 Å². The molecule has 0 unspecified atom stereocenters. The first-order chi connectivity index (χ1) is 23.8. The van der Waals surface area contributed by atoms with Gasteiger partial charge in [0.05, 0.1) is 36.7 Å². The summed E-state index contributed by atoms with van der Waals surface area (Å²) in [7, 11) is 0. The summed E-state index contributed by atoms with van der Waals surface area (Å²) >= 11 is 6.02. The summed E-state index contributed by atoms with van der Waals surface area (Å²) < 4.78 is 12.4. The largest absolute Gasteiger partial charge is 0.478 e. The molecule has 2 N–H and O–H groups in total. The number of isocyanates is 1. The summed E-state index contributed by atoms with van der Waals surface area (Å²) in [6.07, 6.45) is 5.77. The molecule has 2 amide bonds. The van der Waals surface area contributed by atoms with Crippen LogP contribution in [-0.4, -0.2) is 60.0 Å². The molecule has 10 heteroatoms. The van der Waals surface area contributed by atoms with Gasteiger partial charge in [-0.15, -0.1) is 0 Å². The number of carboxylic acid groups (broad SMARTS) is 1. The molecule has 0 aliphatic heterocycles. The van der Waals surface area contributed by atoms with Gasteiger partial charge < -0.3 is 24.8 Å². The van der Waals surface area contributed by atoms with Crippen molar-refractivity contribution in [3.8, 4) is 0 Å². The zero-order valence-corrected chi connectivity index (χ0v) is 28.4. The van der Waals surface area contributed by atoms with Crippen LogP contribution in [0, 0.1) is 6.92 Å². The van der Waals surface area contributed by atoms with Gasteiger partial charge in [-0.3, -0.25) is 0 Å². The van der Waals surface area contributed by atoms with E-state index in [9.17, 15) is 19.5 Å². The molecule has 0 aromatic heterocycles. The number of aryl methyl sites for hydroxylation is 1. The van der Waals surface area contributed by atoms with E-state index in [0.29, 0.717) is 48.0 Å². The molecule has 0 radical (unpaired) electrons. The number of carbonyl (C=O) groups excluding carboxylic acids is 2. The fourth-order valence-electron chi connectivity index (χ4n) is 5.61. The van der Waals surface area contributed by atoms with Crippen molar-refractivity contribution in [2.45, 2.75) is 57.8 Å². The highest BCUT2D eigenvalue weighted by atomic mass is 35.5. The van der Waals surface area contributed by atoms with Crippen LogP contribution in [0.5, 0.6) is 0 Å². The minimum absolute atomic E-state index is 0.00305. The van der Waals surface area contributed by atoms with E-state index in [1.54, 1.807) is 30.0 Å². The van der Waals surface area contributed by atoms with Gasteiger partial charge in [0.1, 0.15) is 0 Å². The molecule has 2 atom stereocenters. The van der Waals surface area contributed by atoms with Crippen LogP contribution in [0.4, 0.5) is 16.2 Å². The van der Waals surface area contributed by atoms with Gasteiger partial charge in [0.25, 0.3) is 0 Å². The van der Waals surface area contributed by atoms with E-state index < -0.39 is 5.97 Å². The predicted octanol–water partition coefficient (Wildman–Crippen LogP) is 8.62. The number of nitrogens with zero attached hydrogens (tertiary/aromatic N) is 2. The number of para-hydroxylation sites is 2. The van der Waals surface area contributed by atoms with Crippen molar-refractivity contribution in [3.63, 3.8) is 0 Å². The lowest BCUT2D eigenvalue weighted by molar-refractivity contribution is -0.0522. The molecule has 1 aliphatic rings. The van der Waals surface area contributed by atoms with Crippen LogP contribution in [0.25, 0.3) is 0 Å². The summed E-state index contributed by atoms with van der Waals surface area (Å²) in [5.74, 6) is -0.932. The van der Waals surface area contributed by atoms with Crippen molar-refractivity contribution in [3.05, 3.63) is 130 Å². The number of benzene rings is 4. The molecule has 9 nitrogen and oxygen atoms in total. The SMILES string of the molecule is Cc1cccc(CO[C@@H]2CCC[C@H](OCCN(CCc3ccc(Cl)cc3)C(=O)Nc3ccccc3)C2)c1C(=O)O.O=C=Nc1ccccc1. The number of hydrogen-bond acceptors (Lipinski definition) is 6. The van der Waals surface area contributed by atoms with Gasteiger partial charge in [-0.05, 0) is 92.1 Å². The Morgan fingerprint density at radius 1 is 0.898 bits per heavy atom. The number of halogens is 1. The van der Waals surface area contributed by atoms with Crippen molar-refractivity contribution in [2.24, 2.45) is 4.99 Å². The van der Waals surface area contributed by atoms with Gasteiger partial charge in [-0.2, -0.15) is 4.99 Å². The second kappa shape index (κ2) is 19.9. The van der Waals surface area contributed by atoms with E-state index >= 15 is 0 Å². The Balaban J connectivity index is 0.000000520. The zero-order valence-electron chi connectivity index (χ0n) is 27.6. The maximum atomic E-state index is 13.1. The lowest BCUT2D eigenvalue weighted by Gasteiger charge is -2.30. The molecule has 256 valence electrons.